The largest absolute Gasteiger partial charge is 0.457 e. The van der Waals surface area contributed by atoms with Crippen molar-refractivity contribution in [3.63, 3.8) is 0 Å². The minimum absolute atomic E-state index is 0.310. The standard InChI is InChI=1S/C14H14O5/c1-6(17-13(16)14(2,3)4)9-8-5-7-10(18-8)11(9)19-12(7)15/h5-6H,1-4H3. The van der Waals surface area contributed by atoms with Crippen LogP contribution in [0.3, 0.4) is 0 Å². The van der Waals surface area contributed by atoms with Gasteiger partial charge in [-0.3, -0.25) is 4.79 Å². The van der Waals surface area contributed by atoms with Crippen molar-refractivity contribution in [1.29, 1.82) is 0 Å². The Morgan fingerprint density at radius 2 is 2.05 bits per heavy atom. The number of esters is 2. The van der Waals surface area contributed by atoms with Gasteiger partial charge in [0.25, 0.3) is 0 Å². The Kier molecular flexibility index (Phi) is 2.21. The van der Waals surface area contributed by atoms with Crippen LogP contribution in [0.25, 0.3) is 11.2 Å². The molecule has 0 radical (unpaired) electrons. The molecule has 2 aromatic heterocycles. The monoisotopic (exact) mass is 262 g/mol. The van der Waals surface area contributed by atoms with Gasteiger partial charge >= 0.3 is 11.9 Å². The average Bonchev–Trinajstić information content (AvgIpc) is 2.88. The second-order valence-electron chi connectivity index (χ2n) is 5.78. The van der Waals surface area contributed by atoms with Crippen molar-refractivity contribution in [3.05, 3.63) is 17.2 Å². The fraction of sp³-hybridized carbons (Fsp3) is 0.429. The highest BCUT2D eigenvalue weighted by Crippen LogP contribution is 2.47. The molecule has 1 unspecified atom stereocenters. The summed E-state index contributed by atoms with van der Waals surface area (Å²) in [6, 6.07) is 1.63. The van der Waals surface area contributed by atoms with Crippen LogP contribution >= 0.6 is 0 Å². The Hall–Kier alpha value is -2.04. The summed E-state index contributed by atoms with van der Waals surface area (Å²) in [4.78, 5) is 23.4. The van der Waals surface area contributed by atoms with E-state index in [2.05, 4.69) is 0 Å². The van der Waals surface area contributed by atoms with Crippen LogP contribution in [0.5, 0.6) is 5.75 Å². The quantitative estimate of drug-likeness (QED) is 0.778. The highest BCUT2D eigenvalue weighted by molar-refractivity contribution is 6.09. The Morgan fingerprint density at radius 3 is 2.68 bits per heavy atom. The third-order valence-corrected chi connectivity index (χ3v) is 3.17. The molecule has 5 nitrogen and oxygen atoms in total. The van der Waals surface area contributed by atoms with E-state index in [1.165, 1.54) is 0 Å². The van der Waals surface area contributed by atoms with Crippen LogP contribution in [0, 0.1) is 5.41 Å². The van der Waals surface area contributed by atoms with Crippen LogP contribution in [0.1, 0.15) is 49.7 Å². The van der Waals surface area contributed by atoms with Crippen LogP contribution in [0.4, 0.5) is 0 Å². The lowest BCUT2D eigenvalue weighted by atomic mass is 9.97. The van der Waals surface area contributed by atoms with E-state index >= 15 is 0 Å². The maximum absolute atomic E-state index is 11.9. The molecule has 0 saturated heterocycles. The minimum Gasteiger partial charge on any atom is -0.457 e. The molecule has 100 valence electrons. The van der Waals surface area contributed by atoms with E-state index in [1.807, 2.05) is 0 Å². The number of hydrogen-bond donors (Lipinski definition) is 0. The molecule has 2 bridgehead atoms. The lowest BCUT2D eigenvalue weighted by Gasteiger charge is -2.20. The lowest BCUT2D eigenvalue weighted by Crippen LogP contribution is -2.24. The molecule has 19 heavy (non-hydrogen) atoms. The summed E-state index contributed by atoms with van der Waals surface area (Å²) >= 11 is 0. The smallest absolute Gasteiger partial charge is 0.347 e. The van der Waals surface area contributed by atoms with Crippen molar-refractivity contribution >= 4 is 23.1 Å². The fourth-order valence-corrected chi connectivity index (χ4v) is 2.11. The summed E-state index contributed by atoms with van der Waals surface area (Å²) in [6.45, 7) is 7.09. The highest BCUT2D eigenvalue weighted by Gasteiger charge is 2.38. The Labute approximate surface area is 109 Å². The SMILES string of the molecule is CC(OC(=O)C(C)(C)C)c1c2c3oc1cc3C(=O)O2. The molecule has 3 heterocycles. The van der Waals surface area contributed by atoms with E-state index in [0.29, 0.717) is 28.0 Å². The second-order valence-corrected chi connectivity index (χ2v) is 5.78. The summed E-state index contributed by atoms with van der Waals surface area (Å²) in [5.41, 5.74) is 1.49. The lowest BCUT2D eigenvalue weighted by molar-refractivity contribution is -0.158. The molecule has 0 aromatic carbocycles. The van der Waals surface area contributed by atoms with Gasteiger partial charge in [0.15, 0.2) is 11.3 Å². The maximum Gasteiger partial charge on any atom is 0.347 e. The van der Waals surface area contributed by atoms with Crippen LogP contribution < -0.4 is 4.74 Å². The van der Waals surface area contributed by atoms with Gasteiger partial charge in [-0.05, 0) is 33.8 Å². The topological polar surface area (TPSA) is 65.7 Å². The molecular weight excluding hydrogens is 248 g/mol. The third-order valence-electron chi connectivity index (χ3n) is 3.17. The van der Waals surface area contributed by atoms with E-state index in [9.17, 15) is 9.59 Å². The van der Waals surface area contributed by atoms with Crippen LogP contribution in [0.15, 0.2) is 10.5 Å². The number of rotatable bonds is 2. The minimum atomic E-state index is -0.580. The van der Waals surface area contributed by atoms with E-state index in [4.69, 9.17) is 13.9 Å². The van der Waals surface area contributed by atoms with E-state index < -0.39 is 17.5 Å². The molecular formula is C14H14O5. The first-order valence-corrected chi connectivity index (χ1v) is 6.11. The van der Waals surface area contributed by atoms with Gasteiger partial charge in [-0.15, -0.1) is 0 Å². The molecule has 3 rings (SSSR count). The van der Waals surface area contributed by atoms with Crippen molar-refractivity contribution in [2.45, 2.75) is 33.8 Å². The van der Waals surface area contributed by atoms with E-state index in [0.717, 1.165) is 0 Å². The molecule has 0 amide bonds. The zero-order chi connectivity index (χ0) is 13.9. The summed E-state index contributed by atoms with van der Waals surface area (Å²) in [5.74, 6) is -0.328. The van der Waals surface area contributed by atoms with Gasteiger partial charge in [0.1, 0.15) is 17.3 Å². The Morgan fingerprint density at radius 1 is 1.37 bits per heavy atom. The first-order chi connectivity index (χ1) is 8.79. The van der Waals surface area contributed by atoms with Gasteiger partial charge in [0, 0.05) is 0 Å². The second kappa shape index (κ2) is 3.50. The summed E-state index contributed by atoms with van der Waals surface area (Å²) in [5, 5.41) is 0. The van der Waals surface area contributed by atoms with Crippen molar-refractivity contribution in [1.82, 2.24) is 0 Å². The molecule has 5 heteroatoms. The van der Waals surface area contributed by atoms with Gasteiger partial charge in [-0.1, -0.05) is 0 Å². The van der Waals surface area contributed by atoms with Crippen molar-refractivity contribution in [2.24, 2.45) is 5.41 Å². The van der Waals surface area contributed by atoms with E-state index in [-0.39, 0.29) is 5.97 Å². The van der Waals surface area contributed by atoms with Crippen LogP contribution in [-0.2, 0) is 9.53 Å². The molecule has 0 spiro atoms. The molecule has 1 atom stereocenters. The number of furan rings is 2. The highest BCUT2D eigenvalue weighted by atomic mass is 16.6. The first-order valence-electron chi connectivity index (χ1n) is 6.11. The number of ether oxygens (including phenoxy) is 2. The van der Waals surface area contributed by atoms with Gasteiger partial charge in [0.2, 0.25) is 0 Å². The van der Waals surface area contributed by atoms with Gasteiger partial charge in [-0.2, -0.15) is 0 Å². The average molecular weight is 262 g/mol. The van der Waals surface area contributed by atoms with Crippen molar-refractivity contribution < 1.29 is 23.5 Å². The predicted molar refractivity (Wildman–Crippen MR) is 66.3 cm³/mol. The fourth-order valence-electron chi connectivity index (χ4n) is 2.11. The Bertz CT molecular complexity index is 673. The van der Waals surface area contributed by atoms with Crippen LogP contribution in [0.2, 0.25) is 0 Å². The van der Waals surface area contributed by atoms with Crippen molar-refractivity contribution in [3.8, 4) is 5.75 Å². The van der Waals surface area contributed by atoms with Crippen LogP contribution in [-0.4, -0.2) is 11.9 Å². The Balaban J connectivity index is 1.91. The van der Waals surface area contributed by atoms with E-state index in [1.54, 1.807) is 33.8 Å². The molecule has 1 aliphatic heterocycles. The molecule has 0 saturated carbocycles. The number of carbonyl (C=O) groups is 2. The third kappa shape index (κ3) is 1.61. The molecule has 0 aliphatic carbocycles. The zero-order valence-corrected chi connectivity index (χ0v) is 11.2. The molecule has 2 aromatic rings. The zero-order valence-electron chi connectivity index (χ0n) is 11.2. The summed E-state index contributed by atoms with van der Waals surface area (Å²) in [6.07, 6.45) is -0.516. The number of hydrogen-bond acceptors (Lipinski definition) is 5. The first kappa shape index (κ1) is 12.0. The normalized spacial score (nSPS) is 15.9. The summed E-state index contributed by atoms with van der Waals surface area (Å²) < 4.78 is 16.0. The summed E-state index contributed by atoms with van der Waals surface area (Å²) in [7, 11) is 0. The number of benzene rings is 1. The molecule has 0 fully saturated rings. The van der Waals surface area contributed by atoms with Gasteiger partial charge in [0.05, 0.1) is 11.0 Å². The van der Waals surface area contributed by atoms with Gasteiger partial charge < -0.3 is 13.9 Å². The predicted octanol–water partition coefficient (Wildman–Crippen LogP) is 3.05. The molecule has 0 N–H and O–H groups in total. The molecule has 1 aliphatic rings. The van der Waals surface area contributed by atoms with Gasteiger partial charge in [-0.25, -0.2) is 4.79 Å². The number of carbonyl (C=O) groups excluding carboxylic acids is 2. The number of fused-ring (bicyclic) bond motifs is 1. The van der Waals surface area contributed by atoms with Crippen molar-refractivity contribution in [2.75, 3.05) is 0 Å². The maximum atomic E-state index is 11.9.